The molecule has 0 aliphatic carbocycles. The summed E-state index contributed by atoms with van der Waals surface area (Å²) in [5, 5.41) is 13.3. The minimum atomic E-state index is -2.18. The zero-order valence-electron chi connectivity index (χ0n) is 43.1. The Morgan fingerprint density at radius 1 is 0.782 bits per heavy atom. The molecule has 18 heteroatoms. The quantitative estimate of drug-likeness (QED) is 0.0585. The number of benzene rings is 5. The maximum absolute atomic E-state index is 17.0. The van der Waals surface area contributed by atoms with E-state index in [2.05, 4.69) is 27.1 Å². The lowest BCUT2D eigenvalue weighted by Gasteiger charge is -2.46. The SMILES string of the molecule is COC(=O)C(CC#Cc1ccc2c(c1)[C@]1(C(=O)N2C(=O)N[C@H](C)c2ccccc2)[C@H](C(=O)N2CCN(c3ncccn3)CC2)[C@H]2C(=O)O[C@H](c3ccccc3)[C@H](c3ccccc3)N2[C@@H]1c1ccccc1OCCO)C(=O)OC. The van der Waals surface area contributed by atoms with Gasteiger partial charge in [0.25, 0.3) is 0 Å². The average molecular weight is 1050 g/mol. The first-order valence-electron chi connectivity index (χ1n) is 25.7. The molecule has 6 aromatic rings. The molecule has 2 N–H and O–H groups in total. The molecule has 5 heterocycles. The molecule has 5 aromatic carbocycles. The van der Waals surface area contributed by atoms with Crippen LogP contribution >= 0.6 is 0 Å². The summed E-state index contributed by atoms with van der Waals surface area (Å²) in [6.45, 7) is 2.20. The third-order valence-electron chi connectivity index (χ3n) is 15.1. The smallest absolute Gasteiger partial charge is 0.329 e. The number of imide groups is 1. The van der Waals surface area contributed by atoms with Gasteiger partial charge in [-0.2, -0.15) is 0 Å². The number of urea groups is 1. The van der Waals surface area contributed by atoms with E-state index in [1.165, 1.54) is 0 Å². The fourth-order valence-electron chi connectivity index (χ4n) is 11.6. The van der Waals surface area contributed by atoms with Gasteiger partial charge in [0.15, 0.2) is 5.92 Å². The van der Waals surface area contributed by atoms with Gasteiger partial charge in [-0.05, 0) is 59.5 Å². The van der Waals surface area contributed by atoms with Crippen LogP contribution in [0, 0.1) is 23.7 Å². The van der Waals surface area contributed by atoms with Gasteiger partial charge in [0.2, 0.25) is 17.8 Å². The Hall–Kier alpha value is -8.92. The van der Waals surface area contributed by atoms with E-state index in [0.29, 0.717) is 35.7 Å². The summed E-state index contributed by atoms with van der Waals surface area (Å²) in [4.78, 5) is 106. The molecule has 78 heavy (non-hydrogen) atoms. The number of nitrogens with zero attached hydrogens (tertiary/aromatic N) is 6. The molecule has 3 saturated heterocycles. The van der Waals surface area contributed by atoms with Crippen molar-refractivity contribution in [1.29, 1.82) is 0 Å². The highest BCUT2D eigenvalue weighted by Gasteiger charge is 2.76. The average Bonchev–Trinajstić information content (AvgIpc) is 2.74. The van der Waals surface area contributed by atoms with Crippen LogP contribution < -0.4 is 19.9 Å². The number of cyclic esters (lactones) is 1. The topological polar surface area (TPSA) is 210 Å². The van der Waals surface area contributed by atoms with Gasteiger partial charge in [-0.15, -0.1) is 0 Å². The van der Waals surface area contributed by atoms with Gasteiger partial charge in [-0.25, -0.2) is 19.7 Å². The fraction of sp³-hybridized carbons (Fsp3) is 0.300. The van der Waals surface area contributed by atoms with Crippen molar-refractivity contribution >= 4 is 47.4 Å². The standard InChI is InChI=1S/C60H57N7O11/c1-38(40-18-7-4-8-19-40)63-59(74)66-46-28-27-39(17-15-25-44(54(70)75-2)55(71)76-3)37-45(46)60(57(66)73)48(53(69)64-31-33-65(34-32-64)58-61-29-16-30-62-58)50-56(72)78-51(42-22-11-6-12-23-42)49(41-20-9-5-10-21-41)67(50)52(60)43-24-13-14-26-47(43)77-36-35-68/h4-14,16,18-24,26-30,37-38,44,48-52,68H,25,31-36H2,1-3H3,(H,63,74)/t38-,48+,49+,50+,51-,52-,60+/m1/s1. The monoisotopic (exact) mass is 1050 g/mol. The summed E-state index contributed by atoms with van der Waals surface area (Å²) in [6, 6.07) is 36.4. The number of morpholine rings is 1. The second-order valence-corrected chi connectivity index (χ2v) is 19.3. The Morgan fingerprint density at radius 2 is 1.41 bits per heavy atom. The number of aliphatic hydroxyl groups excluding tert-OH is 1. The molecule has 0 unspecified atom stereocenters. The molecule has 4 aliphatic heterocycles. The summed E-state index contributed by atoms with van der Waals surface area (Å²) in [5.74, 6) is -0.0693. The summed E-state index contributed by atoms with van der Waals surface area (Å²) in [6.07, 6.45) is 1.98. The van der Waals surface area contributed by atoms with Crippen LogP contribution in [-0.4, -0.2) is 120 Å². The number of ether oxygens (including phenoxy) is 4. The molecule has 0 bridgehead atoms. The predicted octanol–water partition coefficient (Wildman–Crippen LogP) is 6.04. The predicted molar refractivity (Wildman–Crippen MR) is 284 cm³/mol. The summed E-state index contributed by atoms with van der Waals surface area (Å²) in [7, 11) is 2.30. The van der Waals surface area contributed by atoms with E-state index in [9.17, 15) is 14.7 Å². The molecule has 10 rings (SSSR count). The first-order valence-corrected chi connectivity index (χ1v) is 25.7. The minimum Gasteiger partial charge on any atom is -0.491 e. The number of carbonyl (C=O) groups is 6. The zero-order chi connectivity index (χ0) is 54.5. The molecule has 0 saturated carbocycles. The van der Waals surface area contributed by atoms with E-state index < -0.39 is 83.3 Å². The number of aliphatic hydroxyl groups is 1. The first-order chi connectivity index (χ1) is 38.0. The van der Waals surface area contributed by atoms with E-state index in [0.717, 1.165) is 24.7 Å². The third kappa shape index (κ3) is 9.56. The Bertz CT molecular complexity index is 3250. The van der Waals surface area contributed by atoms with Gasteiger partial charge < -0.3 is 39.2 Å². The Morgan fingerprint density at radius 3 is 2.06 bits per heavy atom. The molecule has 4 amide bonds. The van der Waals surface area contributed by atoms with E-state index in [-0.39, 0.29) is 55.3 Å². The van der Waals surface area contributed by atoms with Crippen LogP contribution in [0.1, 0.15) is 71.0 Å². The highest BCUT2D eigenvalue weighted by molar-refractivity contribution is 6.25. The van der Waals surface area contributed by atoms with Crippen LogP contribution in [0.25, 0.3) is 0 Å². The molecular weight excluding hydrogens is 995 g/mol. The van der Waals surface area contributed by atoms with Gasteiger partial charge >= 0.3 is 23.9 Å². The van der Waals surface area contributed by atoms with Crippen LogP contribution in [0.4, 0.5) is 16.4 Å². The maximum Gasteiger partial charge on any atom is 0.329 e. The third-order valence-corrected chi connectivity index (χ3v) is 15.1. The number of nitrogens with one attached hydrogen (secondary N) is 1. The van der Waals surface area contributed by atoms with Gasteiger partial charge in [0.1, 0.15) is 29.9 Å². The van der Waals surface area contributed by atoms with Crippen molar-refractivity contribution in [1.82, 2.24) is 25.1 Å². The Balaban J connectivity index is 1.25. The van der Waals surface area contributed by atoms with Crippen molar-refractivity contribution in [3.63, 3.8) is 0 Å². The largest absolute Gasteiger partial charge is 0.491 e. The molecule has 398 valence electrons. The molecular formula is C60H57N7O11. The summed E-state index contributed by atoms with van der Waals surface area (Å²) in [5.41, 5.74) is 0.911. The molecule has 1 aromatic heterocycles. The number of methoxy groups -OCH3 is 2. The highest BCUT2D eigenvalue weighted by atomic mass is 16.6. The first kappa shape index (κ1) is 52.5. The van der Waals surface area contributed by atoms with E-state index in [1.807, 2.05) is 101 Å². The lowest BCUT2D eigenvalue weighted by molar-refractivity contribution is -0.179. The van der Waals surface area contributed by atoms with Crippen LogP contribution in [0.3, 0.4) is 0 Å². The fourth-order valence-corrected chi connectivity index (χ4v) is 11.6. The highest BCUT2D eigenvalue weighted by Crippen LogP contribution is 2.67. The van der Waals surface area contributed by atoms with Gasteiger partial charge in [0, 0.05) is 56.1 Å². The Labute approximate surface area is 450 Å². The molecule has 7 atom stereocenters. The second-order valence-electron chi connectivity index (χ2n) is 19.3. The van der Waals surface area contributed by atoms with Crippen LogP contribution in [0.2, 0.25) is 0 Å². The van der Waals surface area contributed by atoms with Gasteiger partial charge in [-0.1, -0.05) is 121 Å². The molecule has 0 radical (unpaired) electrons. The summed E-state index contributed by atoms with van der Waals surface area (Å²) >= 11 is 0. The number of fused-ring (bicyclic) bond motifs is 3. The van der Waals surface area contributed by atoms with E-state index >= 15 is 19.2 Å². The van der Waals surface area contributed by atoms with Crippen molar-refractivity contribution in [2.75, 3.05) is 63.4 Å². The number of hydrogen-bond acceptors (Lipinski definition) is 15. The molecule has 3 fully saturated rings. The van der Waals surface area contributed by atoms with Crippen LogP contribution in [-0.2, 0) is 43.6 Å². The molecule has 4 aliphatic rings. The lowest BCUT2D eigenvalue weighted by atomic mass is 9.64. The number of esters is 3. The number of para-hydroxylation sites is 1. The van der Waals surface area contributed by atoms with Crippen LogP contribution in [0.15, 0.2) is 152 Å². The summed E-state index contributed by atoms with van der Waals surface area (Å²) < 4.78 is 22.9. The van der Waals surface area contributed by atoms with E-state index in [1.54, 1.807) is 72.7 Å². The van der Waals surface area contributed by atoms with Crippen molar-refractivity contribution in [2.45, 2.75) is 49.0 Å². The Kier molecular flexibility index (Phi) is 15.3. The van der Waals surface area contributed by atoms with E-state index in [4.69, 9.17) is 18.9 Å². The number of rotatable bonds is 13. The van der Waals surface area contributed by atoms with Crippen molar-refractivity contribution < 1.29 is 52.8 Å². The zero-order valence-corrected chi connectivity index (χ0v) is 43.1. The minimum absolute atomic E-state index is 0.122. The number of piperazine rings is 1. The number of carbonyl (C=O) groups excluding carboxylic acids is 6. The number of amides is 4. The molecule has 18 nitrogen and oxygen atoms in total. The van der Waals surface area contributed by atoms with Crippen molar-refractivity contribution in [3.8, 4) is 17.6 Å². The van der Waals surface area contributed by atoms with Gasteiger partial charge in [0.05, 0.1) is 50.6 Å². The maximum atomic E-state index is 17.0. The van der Waals surface area contributed by atoms with Gasteiger partial charge in [-0.3, -0.25) is 28.9 Å². The molecule has 1 spiro atoms. The number of hydrogen-bond donors (Lipinski definition) is 2. The van der Waals surface area contributed by atoms with Crippen LogP contribution in [0.5, 0.6) is 5.75 Å². The van der Waals surface area contributed by atoms with Crippen molar-refractivity contribution in [3.05, 3.63) is 185 Å². The normalized spacial score (nSPS) is 21.9. The lowest BCUT2D eigenvalue weighted by Crippen LogP contribution is -2.59. The second kappa shape index (κ2) is 22.7. The number of anilines is 2. The van der Waals surface area contributed by atoms with Crippen molar-refractivity contribution in [2.24, 2.45) is 11.8 Å². The number of aromatic nitrogens is 2.